The second kappa shape index (κ2) is 11.1. The highest BCUT2D eigenvalue weighted by atomic mass is 35.5. The predicted molar refractivity (Wildman–Crippen MR) is 127 cm³/mol. The van der Waals surface area contributed by atoms with Crippen LogP contribution in [0.3, 0.4) is 0 Å². The van der Waals surface area contributed by atoms with Crippen LogP contribution in [-0.4, -0.2) is 75.1 Å². The second-order valence-electron chi connectivity index (χ2n) is 9.19. The van der Waals surface area contributed by atoms with Crippen molar-refractivity contribution < 1.29 is 19.1 Å². The lowest BCUT2D eigenvalue weighted by Gasteiger charge is -2.36. The maximum atomic E-state index is 13.2. The number of halogens is 1. The summed E-state index contributed by atoms with van der Waals surface area (Å²) in [4.78, 5) is 32.1. The van der Waals surface area contributed by atoms with Gasteiger partial charge in [0, 0.05) is 38.3 Å². The molecule has 2 saturated heterocycles. The van der Waals surface area contributed by atoms with Crippen LogP contribution in [0.1, 0.15) is 39.5 Å². The highest BCUT2D eigenvalue weighted by molar-refractivity contribution is 6.32. The van der Waals surface area contributed by atoms with Crippen LogP contribution in [-0.2, 0) is 9.59 Å². The third kappa shape index (κ3) is 6.00. The second-order valence-corrected chi connectivity index (χ2v) is 9.60. The number of carbonyl (C=O) groups excluding carboxylic acids is 2. The minimum absolute atomic E-state index is 0.0207. The fourth-order valence-electron chi connectivity index (χ4n) is 4.68. The molecule has 0 unspecified atom stereocenters. The number of methoxy groups -OCH3 is 2. The maximum absolute atomic E-state index is 13.2. The fourth-order valence-corrected chi connectivity index (χ4v) is 4.91. The standard InChI is InChI=1S/C24H36ClN3O4/c1-17-7-5-9-26(13-17)23(29)15-28(16-24(30)27-10-6-8-18(2)14-27)20-12-21(31-3)19(25)11-22(20)32-4/h11-12,17-18H,5-10,13-16H2,1-4H3/t17-,18-/m0/s1. The van der Waals surface area contributed by atoms with Gasteiger partial charge in [0.05, 0.1) is 38.0 Å². The molecule has 1 aromatic carbocycles. The molecular formula is C24H36ClN3O4. The maximum Gasteiger partial charge on any atom is 0.242 e. The first-order valence-corrected chi connectivity index (χ1v) is 11.9. The van der Waals surface area contributed by atoms with Crippen LogP contribution >= 0.6 is 11.6 Å². The van der Waals surface area contributed by atoms with E-state index in [2.05, 4.69) is 13.8 Å². The highest BCUT2D eigenvalue weighted by Crippen LogP contribution is 2.38. The monoisotopic (exact) mass is 465 g/mol. The highest BCUT2D eigenvalue weighted by Gasteiger charge is 2.28. The van der Waals surface area contributed by atoms with Gasteiger partial charge >= 0.3 is 0 Å². The molecule has 2 aliphatic rings. The fraction of sp³-hybridized carbons (Fsp3) is 0.667. The summed E-state index contributed by atoms with van der Waals surface area (Å²) in [5, 5.41) is 0.417. The summed E-state index contributed by atoms with van der Waals surface area (Å²) in [5.74, 6) is 2.01. The van der Waals surface area contributed by atoms with Crippen molar-refractivity contribution in [2.24, 2.45) is 11.8 Å². The van der Waals surface area contributed by atoms with Gasteiger partial charge in [-0.15, -0.1) is 0 Å². The molecule has 8 heteroatoms. The molecule has 32 heavy (non-hydrogen) atoms. The Morgan fingerprint density at radius 2 is 1.44 bits per heavy atom. The van der Waals surface area contributed by atoms with Crippen molar-refractivity contribution in [2.45, 2.75) is 39.5 Å². The molecular weight excluding hydrogens is 430 g/mol. The molecule has 0 N–H and O–H groups in total. The number of benzene rings is 1. The topological polar surface area (TPSA) is 62.3 Å². The SMILES string of the molecule is COc1cc(N(CC(=O)N2CCC[C@H](C)C2)CC(=O)N2CCC[C@H](C)C2)c(OC)cc1Cl. The Morgan fingerprint density at radius 1 is 0.938 bits per heavy atom. The molecule has 3 rings (SSSR count). The van der Waals surface area contributed by atoms with E-state index in [1.807, 2.05) is 9.80 Å². The van der Waals surface area contributed by atoms with Crippen LogP contribution in [0.4, 0.5) is 5.69 Å². The Kier molecular flexibility index (Phi) is 8.51. The van der Waals surface area contributed by atoms with E-state index in [1.165, 1.54) is 0 Å². The number of piperidine rings is 2. The van der Waals surface area contributed by atoms with Gasteiger partial charge in [0.2, 0.25) is 11.8 Å². The van der Waals surface area contributed by atoms with Crippen molar-refractivity contribution in [1.29, 1.82) is 0 Å². The van der Waals surface area contributed by atoms with Gasteiger partial charge in [-0.25, -0.2) is 0 Å². The molecule has 2 atom stereocenters. The molecule has 0 saturated carbocycles. The van der Waals surface area contributed by atoms with Gasteiger partial charge in [0.1, 0.15) is 11.5 Å². The lowest BCUT2D eigenvalue weighted by atomic mass is 10.00. The van der Waals surface area contributed by atoms with Crippen molar-refractivity contribution in [3.05, 3.63) is 17.2 Å². The predicted octanol–water partition coefficient (Wildman–Crippen LogP) is 3.68. The molecule has 0 aromatic heterocycles. The lowest BCUT2D eigenvalue weighted by molar-refractivity contribution is -0.132. The summed E-state index contributed by atoms with van der Waals surface area (Å²) in [6.45, 7) is 7.57. The van der Waals surface area contributed by atoms with Gasteiger partial charge in [0.15, 0.2) is 0 Å². The van der Waals surface area contributed by atoms with Crippen LogP contribution in [0, 0.1) is 11.8 Å². The number of likely N-dealkylation sites (tertiary alicyclic amines) is 2. The zero-order valence-electron chi connectivity index (χ0n) is 19.7. The van der Waals surface area contributed by atoms with Crippen LogP contribution in [0.25, 0.3) is 0 Å². The summed E-state index contributed by atoms with van der Waals surface area (Å²) in [6.07, 6.45) is 4.30. The smallest absolute Gasteiger partial charge is 0.242 e. The molecule has 0 aliphatic carbocycles. The minimum atomic E-state index is 0.0207. The Balaban J connectivity index is 1.87. The van der Waals surface area contributed by atoms with E-state index in [9.17, 15) is 9.59 Å². The van der Waals surface area contributed by atoms with E-state index in [1.54, 1.807) is 31.3 Å². The Hall–Kier alpha value is -2.15. The number of nitrogens with zero attached hydrogens (tertiary/aromatic N) is 3. The Labute approximate surface area is 196 Å². The number of anilines is 1. The zero-order chi connectivity index (χ0) is 23.3. The molecule has 7 nitrogen and oxygen atoms in total. The van der Waals surface area contributed by atoms with Crippen molar-refractivity contribution >= 4 is 29.1 Å². The largest absolute Gasteiger partial charge is 0.495 e. The molecule has 0 radical (unpaired) electrons. The molecule has 1 aromatic rings. The van der Waals surface area contributed by atoms with Gasteiger partial charge in [0.25, 0.3) is 0 Å². The van der Waals surface area contributed by atoms with Crippen LogP contribution < -0.4 is 14.4 Å². The molecule has 2 heterocycles. The van der Waals surface area contributed by atoms with Crippen molar-refractivity contribution in [1.82, 2.24) is 9.80 Å². The summed E-state index contributed by atoms with van der Waals surface area (Å²) < 4.78 is 11.0. The van der Waals surface area contributed by atoms with E-state index in [4.69, 9.17) is 21.1 Å². The third-order valence-corrected chi connectivity index (χ3v) is 6.76. The van der Waals surface area contributed by atoms with E-state index >= 15 is 0 Å². The summed E-state index contributed by atoms with van der Waals surface area (Å²) >= 11 is 6.30. The van der Waals surface area contributed by atoms with E-state index in [0.29, 0.717) is 34.0 Å². The first-order chi connectivity index (χ1) is 15.3. The molecule has 0 bridgehead atoms. The number of ether oxygens (including phenoxy) is 2. The van der Waals surface area contributed by atoms with Crippen LogP contribution in [0.5, 0.6) is 11.5 Å². The van der Waals surface area contributed by atoms with Gasteiger partial charge in [-0.2, -0.15) is 0 Å². The van der Waals surface area contributed by atoms with Crippen LogP contribution in [0.2, 0.25) is 5.02 Å². The average Bonchev–Trinajstić information content (AvgIpc) is 2.78. The summed E-state index contributed by atoms with van der Waals surface area (Å²) in [5.41, 5.74) is 0.630. The van der Waals surface area contributed by atoms with E-state index in [0.717, 1.165) is 51.9 Å². The van der Waals surface area contributed by atoms with E-state index in [-0.39, 0.29) is 24.9 Å². The Bertz CT molecular complexity index is 783. The average molecular weight is 466 g/mol. The van der Waals surface area contributed by atoms with Crippen LogP contribution in [0.15, 0.2) is 12.1 Å². The molecule has 2 amide bonds. The number of hydrogen-bond donors (Lipinski definition) is 0. The van der Waals surface area contributed by atoms with Crippen molar-refractivity contribution in [3.8, 4) is 11.5 Å². The number of hydrogen-bond acceptors (Lipinski definition) is 5. The first-order valence-electron chi connectivity index (χ1n) is 11.5. The molecule has 2 aliphatic heterocycles. The Morgan fingerprint density at radius 3 is 1.88 bits per heavy atom. The van der Waals surface area contributed by atoms with Gasteiger partial charge in [-0.1, -0.05) is 25.4 Å². The number of amides is 2. The number of rotatable bonds is 7. The van der Waals surface area contributed by atoms with Crippen molar-refractivity contribution in [2.75, 3.05) is 58.4 Å². The zero-order valence-corrected chi connectivity index (χ0v) is 20.5. The quantitative estimate of drug-likeness (QED) is 0.614. The first kappa shape index (κ1) is 24.5. The van der Waals surface area contributed by atoms with E-state index < -0.39 is 0 Å². The molecule has 0 spiro atoms. The third-order valence-electron chi connectivity index (χ3n) is 6.47. The molecule has 178 valence electrons. The summed E-state index contributed by atoms with van der Waals surface area (Å²) in [6, 6.07) is 3.42. The number of carbonyl (C=O) groups is 2. The molecule has 2 fully saturated rings. The lowest BCUT2D eigenvalue weighted by Crippen LogP contribution is -2.49. The van der Waals surface area contributed by atoms with Gasteiger partial charge in [-0.3, -0.25) is 9.59 Å². The minimum Gasteiger partial charge on any atom is -0.495 e. The van der Waals surface area contributed by atoms with Gasteiger partial charge in [-0.05, 0) is 37.5 Å². The van der Waals surface area contributed by atoms with Gasteiger partial charge < -0.3 is 24.2 Å². The normalized spacial score (nSPS) is 21.3. The summed E-state index contributed by atoms with van der Waals surface area (Å²) in [7, 11) is 3.10. The van der Waals surface area contributed by atoms with Crippen molar-refractivity contribution in [3.63, 3.8) is 0 Å².